The molecule has 1 amide bonds. The first kappa shape index (κ1) is 17.9. The Hall–Kier alpha value is -2.94. The summed E-state index contributed by atoms with van der Waals surface area (Å²) in [6, 6.07) is 10.6. The Morgan fingerprint density at radius 1 is 1.12 bits per heavy atom. The molecule has 0 saturated carbocycles. The van der Waals surface area contributed by atoms with Crippen LogP contribution in [0, 0.1) is 0 Å². The third kappa shape index (κ3) is 3.83. The van der Waals surface area contributed by atoms with Crippen LogP contribution in [-0.2, 0) is 14.8 Å². The highest BCUT2D eigenvalue weighted by atomic mass is 32.2. The van der Waals surface area contributed by atoms with Crippen LogP contribution in [0.15, 0.2) is 47.4 Å². The quantitative estimate of drug-likeness (QED) is 0.794. The SMILES string of the molecule is CNC(=O)[C@@H](C)Oc1ccc(S(=O)(=O)Nc2ccc3c(c2)OCO3)cc1. The minimum absolute atomic E-state index is 0.0649. The number of amides is 1. The molecule has 0 aliphatic carbocycles. The van der Waals surface area contributed by atoms with Crippen LogP contribution in [0.25, 0.3) is 0 Å². The van der Waals surface area contributed by atoms with Crippen LogP contribution >= 0.6 is 0 Å². The first-order valence-corrected chi connectivity index (χ1v) is 9.28. The van der Waals surface area contributed by atoms with Gasteiger partial charge >= 0.3 is 0 Å². The zero-order valence-corrected chi connectivity index (χ0v) is 15.0. The fraction of sp³-hybridized carbons (Fsp3) is 0.235. The van der Waals surface area contributed by atoms with Gasteiger partial charge in [0.1, 0.15) is 5.75 Å². The van der Waals surface area contributed by atoms with Gasteiger partial charge in [-0.05, 0) is 43.3 Å². The van der Waals surface area contributed by atoms with Gasteiger partial charge in [-0.1, -0.05) is 0 Å². The molecule has 1 heterocycles. The van der Waals surface area contributed by atoms with Crippen LogP contribution in [-0.4, -0.2) is 34.3 Å². The number of hydrogen-bond donors (Lipinski definition) is 2. The van der Waals surface area contributed by atoms with E-state index in [0.717, 1.165) is 0 Å². The van der Waals surface area contributed by atoms with Crippen molar-refractivity contribution in [3.63, 3.8) is 0 Å². The molecule has 0 bridgehead atoms. The van der Waals surface area contributed by atoms with E-state index in [1.165, 1.54) is 31.3 Å². The summed E-state index contributed by atoms with van der Waals surface area (Å²) in [6.45, 7) is 1.71. The number of hydrogen-bond acceptors (Lipinski definition) is 6. The lowest BCUT2D eigenvalue weighted by molar-refractivity contribution is -0.126. The van der Waals surface area contributed by atoms with Gasteiger partial charge in [0.25, 0.3) is 15.9 Å². The molecule has 2 aromatic carbocycles. The number of nitrogens with one attached hydrogen (secondary N) is 2. The van der Waals surface area contributed by atoms with Gasteiger partial charge in [0.2, 0.25) is 6.79 Å². The number of benzene rings is 2. The van der Waals surface area contributed by atoms with Crippen molar-refractivity contribution in [2.75, 3.05) is 18.6 Å². The third-order valence-corrected chi connectivity index (χ3v) is 5.08. The summed E-state index contributed by atoms with van der Waals surface area (Å²) in [5.74, 6) is 1.17. The van der Waals surface area contributed by atoms with E-state index in [1.807, 2.05) is 0 Å². The minimum Gasteiger partial charge on any atom is -0.481 e. The number of carbonyl (C=O) groups excluding carboxylic acids is 1. The fourth-order valence-corrected chi connectivity index (χ4v) is 3.38. The molecule has 0 unspecified atom stereocenters. The van der Waals surface area contributed by atoms with E-state index in [9.17, 15) is 13.2 Å². The van der Waals surface area contributed by atoms with Crippen LogP contribution < -0.4 is 24.2 Å². The van der Waals surface area contributed by atoms with Gasteiger partial charge in [0.15, 0.2) is 17.6 Å². The Balaban J connectivity index is 1.72. The molecule has 0 radical (unpaired) electrons. The number of anilines is 1. The minimum atomic E-state index is -3.78. The second-order valence-electron chi connectivity index (χ2n) is 5.52. The maximum absolute atomic E-state index is 12.5. The number of carbonyl (C=O) groups is 1. The molecule has 1 aliphatic rings. The van der Waals surface area contributed by atoms with E-state index in [-0.39, 0.29) is 17.6 Å². The molecular weight excluding hydrogens is 360 g/mol. The number of sulfonamides is 1. The van der Waals surface area contributed by atoms with Crippen molar-refractivity contribution in [1.29, 1.82) is 0 Å². The van der Waals surface area contributed by atoms with Crippen LogP contribution in [0.3, 0.4) is 0 Å². The second-order valence-corrected chi connectivity index (χ2v) is 7.20. The third-order valence-electron chi connectivity index (χ3n) is 3.69. The Kier molecular flexibility index (Phi) is 4.90. The maximum Gasteiger partial charge on any atom is 0.261 e. The Labute approximate surface area is 151 Å². The van der Waals surface area contributed by atoms with Crippen molar-refractivity contribution in [2.45, 2.75) is 17.9 Å². The number of ether oxygens (including phenoxy) is 3. The maximum atomic E-state index is 12.5. The van der Waals surface area contributed by atoms with Crippen molar-refractivity contribution in [3.8, 4) is 17.2 Å². The lowest BCUT2D eigenvalue weighted by atomic mass is 10.3. The molecule has 2 N–H and O–H groups in total. The van der Waals surface area contributed by atoms with Gasteiger partial charge in [0.05, 0.1) is 10.6 Å². The fourth-order valence-electron chi connectivity index (χ4n) is 2.33. The van der Waals surface area contributed by atoms with Crippen molar-refractivity contribution >= 4 is 21.6 Å². The summed E-state index contributed by atoms with van der Waals surface area (Å²) in [4.78, 5) is 11.5. The van der Waals surface area contributed by atoms with Gasteiger partial charge in [0, 0.05) is 13.1 Å². The molecular formula is C17H18N2O6S. The van der Waals surface area contributed by atoms with E-state index < -0.39 is 16.1 Å². The van der Waals surface area contributed by atoms with Crippen molar-refractivity contribution < 1.29 is 27.4 Å². The molecule has 8 nitrogen and oxygen atoms in total. The largest absolute Gasteiger partial charge is 0.481 e. The highest BCUT2D eigenvalue weighted by molar-refractivity contribution is 7.92. The summed E-state index contributed by atoms with van der Waals surface area (Å²) in [5.41, 5.74) is 0.364. The van der Waals surface area contributed by atoms with E-state index in [1.54, 1.807) is 25.1 Å². The van der Waals surface area contributed by atoms with Gasteiger partial charge in [-0.3, -0.25) is 9.52 Å². The van der Waals surface area contributed by atoms with Crippen molar-refractivity contribution in [3.05, 3.63) is 42.5 Å². The molecule has 1 atom stereocenters. The molecule has 138 valence electrons. The second kappa shape index (κ2) is 7.12. The number of likely N-dealkylation sites (N-methyl/N-ethyl adjacent to an activating group) is 1. The summed E-state index contributed by atoms with van der Waals surface area (Å²) in [7, 11) is -2.26. The Morgan fingerprint density at radius 2 is 1.81 bits per heavy atom. The monoisotopic (exact) mass is 378 g/mol. The summed E-state index contributed by atoms with van der Waals surface area (Å²) < 4.78 is 43.4. The van der Waals surface area contributed by atoms with Gasteiger partial charge in [-0.2, -0.15) is 0 Å². The standard InChI is InChI=1S/C17H18N2O6S/c1-11(17(20)18-2)25-13-4-6-14(7-5-13)26(21,22)19-12-3-8-15-16(9-12)24-10-23-15/h3-9,11,19H,10H2,1-2H3,(H,18,20)/t11-/m1/s1. The molecule has 9 heteroatoms. The average molecular weight is 378 g/mol. The van der Waals surface area contributed by atoms with E-state index in [2.05, 4.69) is 10.0 Å². The molecule has 0 fully saturated rings. The lowest BCUT2D eigenvalue weighted by Crippen LogP contribution is -2.33. The first-order valence-electron chi connectivity index (χ1n) is 7.80. The van der Waals surface area contributed by atoms with E-state index >= 15 is 0 Å². The summed E-state index contributed by atoms with van der Waals surface area (Å²) in [6.07, 6.45) is -0.686. The Morgan fingerprint density at radius 3 is 2.50 bits per heavy atom. The normalized spacial score (nSPS) is 13.8. The molecule has 3 rings (SSSR count). The zero-order chi connectivity index (χ0) is 18.7. The average Bonchev–Trinajstić information content (AvgIpc) is 3.08. The van der Waals surface area contributed by atoms with Crippen LogP contribution in [0.5, 0.6) is 17.2 Å². The van der Waals surface area contributed by atoms with Crippen LogP contribution in [0.1, 0.15) is 6.92 Å². The molecule has 2 aromatic rings. The highest BCUT2D eigenvalue weighted by Gasteiger charge is 2.19. The summed E-state index contributed by atoms with van der Waals surface area (Å²) in [5, 5.41) is 2.48. The zero-order valence-electron chi connectivity index (χ0n) is 14.2. The lowest BCUT2D eigenvalue weighted by Gasteiger charge is -2.14. The van der Waals surface area contributed by atoms with E-state index in [4.69, 9.17) is 14.2 Å². The van der Waals surface area contributed by atoms with Crippen molar-refractivity contribution in [1.82, 2.24) is 5.32 Å². The first-order chi connectivity index (χ1) is 12.4. The van der Waals surface area contributed by atoms with Crippen LogP contribution in [0.4, 0.5) is 5.69 Å². The molecule has 26 heavy (non-hydrogen) atoms. The highest BCUT2D eigenvalue weighted by Crippen LogP contribution is 2.34. The smallest absolute Gasteiger partial charge is 0.261 e. The molecule has 0 saturated heterocycles. The van der Waals surface area contributed by atoms with Gasteiger partial charge in [-0.25, -0.2) is 8.42 Å². The number of rotatable bonds is 6. The van der Waals surface area contributed by atoms with Crippen LogP contribution in [0.2, 0.25) is 0 Å². The molecule has 0 aromatic heterocycles. The van der Waals surface area contributed by atoms with Crippen molar-refractivity contribution in [2.24, 2.45) is 0 Å². The Bertz CT molecular complexity index is 911. The van der Waals surface area contributed by atoms with Gasteiger partial charge < -0.3 is 19.5 Å². The van der Waals surface area contributed by atoms with E-state index in [0.29, 0.717) is 22.9 Å². The predicted molar refractivity (Wildman–Crippen MR) is 94.0 cm³/mol. The molecule has 0 spiro atoms. The topological polar surface area (TPSA) is 103 Å². The molecule has 1 aliphatic heterocycles. The van der Waals surface area contributed by atoms with Gasteiger partial charge in [-0.15, -0.1) is 0 Å². The number of fused-ring (bicyclic) bond motifs is 1. The predicted octanol–water partition coefficient (Wildman–Crippen LogP) is 1.73. The summed E-state index contributed by atoms with van der Waals surface area (Å²) >= 11 is 0.